The van der Waals surface area contributed by atoms with Crippen LogP contribution in [-0.4, -0.2) is 15.1 Å². The lowest BCUT2D eigenvalue weighted by Gasteiger charge is -2.13. The molecule has 0 aliphatic rings. The Labute approximate surface area is 160 Å². The van der Waals surface area contributed by atoms with Crippen LogP contribution in [0.3, 0.4) is 0 Å². The van der Waals surface area contributed by atoms with Crippen LogP contribution in [-0.2, 0) is 6.18 Å². The van der Waals surface area contributed by atoms with E-state index in [-0.39, 0.29) is 16.2 Å². The van der Waals surface area contributed by atoms with Crippen molar-refractivity contribution in [3.05, 3.63) is 76.2 Å². The number of thiocarbonyl (C=S) groups is 1. The Kier molecular flexibility index (Phi) is 5.10. The van der Waals surface area contributed by atoms with E-state index in [0.29, 0.717) is 5.69 Å². The summed E-state index contributed by atoms with van der Waals surface area (Å²) in [5.74, 6) is -1.23. The molecule has 144 valence electrons. The maximum absolute atomic E-state index is 12.9. The first kappa shape index (κ1) is 19.4. The zero-order valence-electron chi connectivity index (χ0n) is 13.7. The monoisotopic (exact) mass is 410 g/mol. The second-order valence-corrected chi connectivity index (χ2v) is 5.95. The minimum absolute atomic E-state index is 0.0474. The summed E-state index contributed by atoms with van der Waals surface area (Å²) in [6.45, 7) is 0. The molecule has 6 nitrogen and oxygen atoms in total. The van der Waals surface area contributed by atoms with E-state index in [1.165, 1.54) is 24.3 Å². The predicted octanol–water partition coefficient (Wildman–Crippen LogP) is 2.07. The fraction of sp³-hybridized carbons (Fsp3) is 0.0588. The number of aromatic amines is 1. The van der Waals surface area contributed by atoms with Crippen LogP contribution in [0.4, 0.5) is 23.2 Å². The molecular formula is C17H10F4N4O2S. The van der Waals surface area contributed by atoms with Gasteiger partial charge in [-0.3, -0.25) is 4.79 Å². The van der Waals surface area contributed by atoms with E-state index in [4.69, 9.17) is 12.2 Å². The van der Waals surface area contributed by atoms with Crippen LogP contribution in [0.25, 0.3) is 5.69 Å². The van der Waals surface area contributed by atoms with Gasteiger partial charge in [-0.05, 0) is 36.1 Å². The number of pyridine rings is 1. The number of anilines is 1. The van der Waals surface area contributed by atoms with Crippen LogP contribution in [0.2, 0.25) is 0 Å². The summed E-state index contributed by atoms with van der Waals surface area (Å²) in [6, 6.07) is 6.86. The van der Waals surface area contributed by atoms with Crippen molar-refractivity contribution in [1.29, 1.82) is 0 Å². The van der Waals surface area contributed by atoms with Gasteiger partial charge in [0, 0.05) is 11.8 Å². The minimum Gasteiger partial charge on any atom is -0.868 e. The molecular weight excluding hydrogens is 400 g/mol. The Balaban J connectivity index is 1.89. The van der Waals surface area contributed by atoms with Gasteiger partial charge in [0.25, 0.3) is 5.69 Å². The topological polar surface area (TPSA) is 84.7 Å². The summed E-state index contributed by atoms with van der Waals surface area (Å²) in [6.07, 6.45) is -2.78. The van der Waals surface area contributed by atoms with Crippen molar-refractivity contribution < 1.29 is 27.3 Å². The van der Waals surface area contributed by atoms with Crippen molar-refractivity contribution in [2.75, 3.05) is 5.32 Å². The molecule has 0 bridgehead atoms. The average Bonchev–Trinajstić information content (AvgIpc) is 2.62. The van der Waals surface area contributed by atoms with E-state index in [1.54, 1.807) is 0 Å². The molecule has 0 aliphatic heterocycles. The minimum atomic E-state index is -4.61. The number of aromatic nitrogens is 3. The van der Waals surface area contributed by atoms with Crippen molar-refractivity contribution in [1.82, 2.24) is 10.1 Å². The molecule has 11 heteroatoms. The Morgan fingerprint density at radius 2 is 1.86 bits per heavy atom. The number of H-pyrrole nitrogens is 1. The lowest BCUT2D eigenvalue weighted by molar-refractivity contribution is -0.664. The first-order valence-corrected chi connectivity index (χ1v) is 8.02. The normalized spacial score (nSPS) is 11.3. The van der Waals surface area contributed by atoms with Gasteiger partial charge in [0.05, 0.1) is 5.56 Å². The summed E-state index contributed by atoms with van der Waals surface area (Å²) >= 11 is 5.06. The number of hydrogen-bond donors (Lipinski definition) is 2. The molecule has 0 atom stereocenters. The third kappa shape index (κ3) is 4.14. The average molecular weight is 410 g/mol. The highest BCUT2D eigenvalue weighted by molar-refractivity contribution is 7.81. The van der Waals surface area contributed by atoms with Gasteiger partial charge in [-0.2, -0.15) is 13.2 Å². The highest BCUT2D eigenvalue weighted by atomic mass is 32.1. The molecule has 2 heterocycles. The smallest absolute Gasteiger partial charge is 0.433 e. The summed E-state index contributed by atoms with van der Waals surface area (Å²) in [7, 11) is 0. The lowest BCUT2D eigenvalue weighted by Crippen LogP contribution is -2.43. The number of halogens is 4. The number of nitrogens with one attached hydrogen (secondary N) is 2. The number of nitrogens with zero attached hydrogens (tertiary/aromatic N) is 2. The molecule has 0 aliphatic carbocycles. The quantitative estimate of drug-likeness (QED) is 0.392. The first-order valence-electron chi connectivity index (χ1n) is 7.61. The second-order valence-electron chi connectivity index (χ2n) is 5.54. The number of hydrogen-bond acceptors (Lipinski definition) is 4. The van der Waals surface area contributed by atoms with Crippen LogP contribution >= 0.6 is 12.2 Å². The Morgan fingerprint density at radius 3 is 2.39 bits per heavy atom. The number of alkyl halides is 3. The molecule has 0 fully saturated rings. The van der Waals surface area contributed by atoms with Gasteiger partial charge in [0.15, 0.2) is 6.20 Å². The molecule has 0 amide bonds. The molecule has 0 saturated heterocycles. The van der Waals surface area contributed by atoms with Crippen LogP contribution in [0.1, 0.15) is 11.3 Å². The van der Waals surface area contributed by atoms with Gasteiger partial charge in [-0.25, -0.2) is 9.37 Å². The van der Waals surface area contributed by atoms with E-state index < -0.39 is 29.0 Å². The van der Waals surface area contributed by atoms with E-state index in [0.717, 1.165) is 29.2 Å². The zero-order valence-corrected chi connectivity index (χ0v) is 14.6. The van der Waals surface area contributed by atoms with Gasteiger partial charge < -0.3 is 10.4 Å². The summed E-state index contributed by atoms with van der Waals surface area (Å²) < 4.78 is 51.6. The van der Waals surface area contributed by atoms with Crippen LogP contribution < -0.4 is 20.7 Å². The van der Waals surface area contributed by atoms with Gasteiger partial charge >= 0.3 is 11.7 Å². The van der Waals surface area contributed by atoms with Crippen molar-refractivity contribution in [3.63, 3.8) is 0 Å². The Hall–Kier alpha value is -3.34. The zero-order chi connectivity index (χ0) is 20.5. The van der Waals surface area contributed by atoms with Crippen molar-refractivity contribution in [3.8, 4) is 11.4 Å². The Morgan fingerprint density at radius 1 is 1.18 bits per heavy atom. The van der Waals surface area contributed by atoms with E-state index in [1.807, 2.05) is 0 Å². The number of benzene rings is 1. The van der Waals surface area contributed by atoms with Crippen LogP contribution in [0, 0.1) is 5.82 Å². The van der Waals surface area contributed by atoms with Crippen molar-refractivity contribution in [2.45, 2.75) is 6.18 Å². The first-order chi connectivity index (χ1) is 13.1. The van der Waals surface area contributed by atoms with E-state index in [2.05, 4.69) is 15.4 Å². The molecule has 2 N–H and O–H groups in total. The summed E-state index contributed by atoms with van der Waals surface area (Å²) in [5, 5.41) is 17.3. The standard InChI is InChI=1S/C17H10F4N4O2S/c18-9-1-3-10(4-2-9)23-16(28)14-12(26)8-25(24-15(14)27)11-5-6-13(22-7-11)17(19,20)21/h1-8H,(H2-,23,24,26,27,28). The maximum Gasteiger partial charge on any atom is 0.433 e. The van der Waals surface area contributed by atoms with Gasteiger partial charge in [0.1, 0.15) is 22.7 Å². The molecule has 0 spiro atoms. The molecule has 28 heavy (non-hydrogen) atoms. The summed E-state index contributed by atoms with van der Waals surface area (Å²) in [5.41, 5.74) is -1.91. The fourth-order valence-corrected chi connectivity index (χ4v) is 2.58. The fourth-order valence-electron chi connectivity index (χ4n) is 2.27. The van der Waals surface area contributed by atoms with E-state index >= 15 is 0 Å². The number of rotatable bonds is 3. The third-order valence-corrected chi connectivity index (χ3v) is 3.89. The highest BCUT2D eigenvalue weighted by Gasteiger charge is 2.32. The van der Waals surface area contributed by atoms with Gasteiger partial charge in [-0.1, -0.05) is 16.9 Å². The van der Waals surface area contributed by atoms with E-state index in [9.17, 15) is 27.5 Å². The van der Waals surface area contributed by atoms with Gasteiger partial charge in [-0.15, -0.1) is 5.10 Å². The Bertz CT molecular complexity index is 1080. The SMILES string of the molecule is O=c1[nH][n+](-c2ccc(C(F)(F)F)nc2)cc([O-])c1C(=S)Nc1ccc(F)cc1. The van der Waals surface area contributed by atoms with Crippen LogP contribution in [0.15, 0.2) is 53.6 Å². The van der Waals surface area contributed by atoms with Gasteiger partial charge in [0.2, 0.25) is 0 Å². The molecule has 3 aromatic rings. The molecule has 0 saturated carbocycles. The molecule has 0 unspecified atom stereocenters. The van der Waals surface area contributed by atoms with Crippen molar-refractivity contribution >= 4 is 22.9 Å². The molecule has 2 aromatic heterocycles. The molecule has 1 aromatic carbocycles. The highest BCUT2D eigenvalue weighted by Crippen LogP contribution is 2.27. The predicted molar refractivity (Wildman–Crippen MR) is 92.6 cm³/mol. The lowest BCUT2D eigenvalue weighted by atomic mass is 10.2. The summed E-state index contributed by atoms with van der Waals surface area (Å²) in [4.78, 5) is 15.4. The van der Waals surface area contributed by atoms with Crippen LogP contribution in [0.5, 0.6) is 5.75 Å². The third-order valence-electron chi connectivity index (χ3n) is 3.59. The maximum atomic E-state index is 12.9. The molecule has 3 rings (SSSR count). The van der Waals surface area contributed by atoms with Crippen molar-refractivity contribution in [2.24, 2.45) is 0 Å². The molecule has 0 radical (unpaired) electrons. The second kappa shape index (κ2) is 7.35. The largest absolute Gasteiger partial charge is 0.868 e.